The van der Waals surface area contributed by atoms with E-state index in [4.69, 9.17) is 10.00 Å². The van der Waals surface area contributed by atoms with Crippen LogP contribution in [-0.2, 0) is 11.2 Å². The summed E-state index contributed by atoms with van der Waals surface area (Å²) in [6.45, 7) is 2.28. The Bertz CT molecular complexity index is 697. The Balaban J connectivity index is 1.43. The number of benzene rings is 1. The molecule has 0 bridgehead atoms. The highest BCUT2D eigenvalue weighted by Crippen LogP contribution is 2.46. The van der Waals surface area contributed by atoms with Crippen LogP contribution in [0.3, 0.4) is 0 Å². The van der Waals surface area contributed by atoms with E-state index in [1.54, 1.807) is 11.6 Å². The van der Waals surface area contributed by atoms with Crippen LogP contribution in [0.25, 0.3) is 0 Å². The molecule has 0 unspecified atom stereocenters. The van der Waals surface area contributed by atoms with Gasteiger partial charge in [0, 0.05) is 13.2 Å². The summed E-state index contributed by atoms with van der Waals surface area (Å²) in [5.74, 6) is 2.58. The number of nitriles is 1. The van der Waals surface area contributed by atoms with Gasteiger partial charge >= 0.3 is 0 Å². The van der Waals surface area contributed by atoms with Crippen molar-refractivity contribution < 1.29 is 4.74 Å². The van der Waals surface area contributed by atoms with Gasteiger partial charge in [0.2, 0.25) is 0 Å². The van der Waals surface area contributed by atoms with E-state index in [9.17, 15) is 0 Å². The van der Waals surface area contributed by atoms with Crippen LogP contribution >= 0.6 is 0 Å². The molecule has 0 atom stereocenters. The van der Waals surface area contributed by atoms with E-state index in [2.05, 4.69) is 37.3 Å². The highest BCUT2D eigenvalue weighted by Gasteiger charge is 2.38. The van der Waals surface area contributed by atoms with Crippen LogP contribution in [0.5, 0.6) is 0 Å². The van der Waals surface area contributed by atoms with Crippen molar-refractivity contribution in [2.24, 2.45) is 11.8 Å². The Morgan fingerprint density at radius 1 is 1.00 bits per heavy atom. The Morgan fingerprint density at radius 2 is 1.68 bits per heavy atom. The number of ether oxygens (including phenoxy) is 1. The lowest BCUT2D eigenvalue weighted by Gasteiger charge is -2.43. The highest BCUT2D eigenvalue weighted by atomic mass is 16.5. The van der Waals surface area contributed by atoms with E-state index < -0.39 is 0 Å². The maximum Gasteiger partial charge on any atom is 0.0908 e. The molecule has 2 fully saturated rings. The second-order valence-corrected chi connectivity index (χ2v) is 10.1. The van der Waals surface area contributed by atoms with Crippen molar-refractivity contribution in [2.45, 2.75) is 108 Å². The van der Waals surface area contributed by atoms with Gasteiger partial charge in [-0.15, -0.1) is 0 Å². The van der Waals surface area contributed by atoms with Crippen LogP contribution in [0.1, 0.15) is 107 Å². The molecule has 170 valence electrons. The molecule has 0 amide bonds. The minimum Gasteiger partial charge on any atom is -0.378 e. The van der Waals surface area contributed by atoms with Crippen molar-refractivity contribution >= 4 is 0 Å². The van der Waals surface area contributed by atoms with Gasteiger partial charge in [-0.25, -0.2) is 0 Å². The third-order valence-electron chi connectivity index (χ3n) is 8.29. The smallest absolute Gasteiger partial charge is 0.0908 e. The van der Waals surface area contributed by atoms with E-state index in [-0.39, 0.29) is 5.60 Å². The molecule has 2 saturated carbocycles. The average molecular weight is 422 g/mol. The lowest BCUT2D eigenvalue weighted by Crippen LogP contribution is -2.38. The van der Waals surface area contributed by atoms with Crippen LogP contribution in [0.2, 0.25) is 0 Å². The third kappa shape index (κ3) is 6.95. The van der Waals surface area contributed by atoms with Gasteiger partial charge < -0.3 is 4.74 Å². The molecule has 2 nitrogen and oxygen atoms in total. The summed E-state index contributed by atoms with van der Waals surface area (Å²) in [7, 11) is 1.88. The predicted molar refractivity (Wildman–Crippen MR) is 130 cm³/mol. The molecule has 0 radical (unpaired) electrons. The average Bonchev–Trinajstić information content (AvgIpc) is 2.83. The molecular weight excluding hydrogens is 378 g/mol. The summed E-state index contributed by atoms with van der Waals surface area (Å²) in [5.41, 5.74) is 3.13. The molecule has 0 aromatic heterocycles. The van der Waals surface area contributed by atoms with Crippen LogP contribution < -0.4 is 0 Å². The Kier molecular flexibility index (Phi) is 9.66. The number of aryl methyl sites for hydroxylation is 1. The Morgan fingerprint density at radius 3 is 2.29 bits per heavy atom. The van der Waals surface area contributed by atoms with Crippen LogP contribution in [0.15, 0.2) is 36.4 Å². The monoisotopic (exact) mass is 421 g/mol. The second kappa shape index (κ2) is 12.4. The normalized spacial score (nSPS) is 29.1. The zero-order valence-corrected chi connectivity index (χ0v) is 20.0. The van der Waals surface area contributed by atoms with Gasteiger partial charge in [0.1, 0.15) is 0 Å². The largest absolute Gasteiger partial charge is 0.378 e. The molecule has 1 aromatic carbocycles. The molecule has 0 saturated heterocycles. The Hall–Kier alpha value is -1.59. The predicted octanol–water partition coefficient (Wildman–Crippen LogP) is 8.13. The van der Waals surface area contributed by atoms with Crippen LogP contribution in [-0.4, -0.2) is 12.7 Å². The highest BCUT2D eigenvalue weighted by molar-refractivity contribution is 5.26. The van der Waals surface area contributed by atoms with Crippen molar-refractivity contribution in [3.63, 3.8) is 0 Å². The molecule has 0 spiro atoms. The topological polar surface area (TPSA) is 33.0 Å². The first-order chi connectivity index (χ1) is 15.2. The summed E-state index contributed by atoms with van der Waals surface area (Å²) >= 11 is 0. The molecular formula is C29H43NO. The molecule has 1 aromatic rings. The SMILES string of the molecule is CCCCCc1ccc([C@H]2CC[C@H]([C@H]3CC[C@@](CCC=CC#N)(OC)CC3)CC2)cc1. The maximum absolute atomic E-state index is 8.68. The summed E-state index contributed by atoms with van der Waals surface area (Å²) in [6, 6.07) is 11.7. The van der Waals surface area contributed by atoms with Gasteiger partial charge in [0.05, 0.1) is 11.7 Å². The molecule has 2 aliphatic carbocycles. The van der Waals surface area contributed by atoms with Gasteiger partial charge in [-0.1, -0.05) is 50.1 Å². The first-order valence-corrected chi connectivity index (χ1v) is 12.9. The first kappa shape index (κ1) is 24.1. The molecule has 2 heteroatoms. The number of rotatable bonds is 10. The summed E-state index contributed by atoms with van der Waals surface area (Å²) in [5, 5.41) is 8.68. The van der Waals surface area contributed by atoms with Gasteiger partial charge in [-0.3, -0.25) is 0 Å². The van der Waals surface area contributed by atoms with Gasteiger partial charge in [-0.05, 0) is 106 Å². The lowest BCUT2D eigenvalue weighted by molar-refractivity contribution is -0.0614. The summed E-state index contributed by atoms with van der Waals surface area (Å²) < 4.78 is 5.99. The molecule has 0 N–H and O–H groups in total. The maximum atomic E-state index is 8.68. The fourth-order valence-electron chi connectivity index (χ4n) is 6.14. The van der Waals surface area contributed by atoms with E-state index in [1.807, 2.05) is 13.2 Å². The zero-order chi connectivity index (χ0) is 21.9. The summed E-state index contributed by atoms with van der Waals surface area (Å²) in [4.78, 5) is 0. The number of nitrogens with zero attached hydrogens (tertiary/aromatic N) is 1. The van der Waals surface area contributed by atoms with Crippen LogP contribution in [0, 0.1) is 23.2 Å². The second-order valence-electron chi connectivity index (χ2n) is 10.1. The molecule has 0 heterocycles. The molecule has 0 aliphatic heterocycles. The van der Waals surface area contributed by atoms with E-state index in [0.29, 0.717) is 0 Å². The van der Waals surface area contributed by atoms with Crippen molar-refractivity contribution in [1.29, 1.82) is 5.26 Å². The van der Waals surface area contributed by atoms with Crippen molar-refractivity contribution in [3.8, 4) is 6.07 Å². The molecule has 31 heavy (non-hydrogen) atoms. The fraction of sp³-hybridized carbons (Fsp3) is 0.690. The van der Waals surface area contributed by atoms with E-state index in [0.717, 1.165) is 30.6 Å². The van der Waals surface area contributed by atoms with Crippen LogP contribution in [0.4, 0.5) is 0 Å². The van der Waals surface area contributed by atoms with E-state index >= 15 is 0 Å². The third-order valence-corrected chi connectivity index (χ3v) is 8.29. The Labute approximate surface area is 191 Å². The number of unbranched alkanes of at least 4 members (excludes halogenated alkanes) is 2. The van der Waals surface area contributed by atoms with Gasteiger partial charge in [-0.2, -0.15) is 5.26 Å². The number of hydrogen-bond acceptors (Lipinski definition) is 2. The fourth-order valence-corrected chi connectivity index (χ4v) is 6.14. The summed E-state index contributed by atoms with van der Waals surface area (Å²) in [6.07, 6.45) is 21.3. The quantitative estimate of drug-likeness (QED) is 0.282. The first-order valence-electron chi connectivity index (χ1n) is 12.9. The standard InChI is InChI=1S/C29H43NO/c1-3-4-6-9-24-10-12-25(13-11-24)26-14-16-27(17-15-26)28-18-21-29(31-2,22-19-28)20-7-5-8-23-30/h5,8,10-13,26-28H,3-4,6-7,9,14-22H2,1-2H3/t26-,27-,28-,29+. The van der Waals surface area contributed by atoms with Crippen molar-refractivity contribution in [3.05, 3.63) is 47.5 Å². The minimum absolute atomic E-state index is 0.0480. The molecule has 3 rings (SSSR count). The van der Waals surface area contributed by atoms with E-state index in [1.165, 1.54) is 82.6 Å². The van der Waals surface area contributed by atoms with Crippen molar-refractivity contribution in [1.82, 2.24) is 0 Å². The number of methoxy groups -OCH3 is 1. The minimum atomic E-state index is 0.0480. The van der Waals surface area contributed by atoms with Gasteiger partial charge in [0.15, 0.2) is 0 Å². The number of hydrogen-bond donors (Lipinski definition) is 0. The van der Waals surface area contributed by atoms with Gasteiger partial charge in [0.25, 0.3) is 0 Å². The number of allylic oxidation sites excluding steroid dienone is 2. The lowest BCUT2D eigenvalue weighted by atomic mass is 9.66. The van der Waals surface area contributed by atoms with Crippen molar-refractivity contribution in [2.75, 3.05) is 7.11 Å². The molecule has 2 aliphatic rings. The zero-order valence-electron chi connectivity index (χ0n) is 20.0.